The molecule has 0 saturated carbocycles. The highest BCUT2D eigenvalue weighted by Crippen LogP contribution is 2.22. The predicted molar refractivity (Wildman–Crippen MR) is 92.1 cm³/mol. The fourth-order valence-corrected chi connectivity index (χ4v) is 2.64. The minimum absolute atomic E-state index is 0.00296. The molecule has 0 unspecified atom stereocenters. The van der Waals surface area contributed by atoms with E-state index in [1.807, 2.05) is 0 Å². The van der Waals surface area contributed by atoms with Gasteiger partial charge in [0.1, 0.15) is 5.75 Å². The van der Waals surface area contributed by atoms with Crippen molar-refractivity contribution in [2.45, 2.75) is 4.90 Å². The van der Waals surface area contributed by atoms with E-state index in [0.717, 1.165) is 0 Å². The molecular weight excluding hydrogens is 346 g/mol. The first-order chi connectivity index (χ1) is 12.0. The Kier molecular flexibility index (Phi) is 6.53. The van der Waals surface area contributed by atoms with Gasteiger partial charge in [-0.25, -0.2) is 0 Å². The molecule has 0 aliphatic rings. The first-order valence-corrected chi connectivity index (χ1v) is 8.19. The Bertz CT molecular complexity index is 775. The molecule has 7 nitrogen and oxygen atoms in total. The highest BCUT2D eigenvalue weighted by Gasteiger charge is 2.14. The number of non-ortho nitro benzene ring substituents is 1. The van der Waals surface area contributed by atoms with E-state index >= 15 is 0 Å². The second kappa shape index (κ2) is 8.84. The van der Waals surface area contributed by atoms with E-state index in [1.165, 1.54) is 31.0 Å². The van der Waals surface area contributed by atoms with Crippen LogP contribution in [0.25, 0.3) is 0 Å². The van der Waals surface area contributed by atoms with Crippen LogP contribution in [0.2, 0.25) is 0 Å². The summed E-state index contributed by atoms with van der Waals surface area (Å²) < 4.78 is 10.1. The Hall–Kier alpha value is -2.87. The third-order valence-electron chi connectivity index (χ3n) is 3.18. The van der Waals surface area contributed by atoms with Crippen LogP contribution < -0.4 is 4.74 Å². The lowest BCUT2D eigenvalue weighted by Gasteiger charge is -2.08. The van der Waals surface area contributed by atoms with Crippen LogP contribution in [-0.4, -0.2) is 36.1 Å². The summed E-state index contributed by atoms with van der Waals surface area (Å²) in [7, 11) is 1.46. The zero-order valence-corrected chi connectivity index (χ0v) is 14.2. The van der Waals surface area contributed by atoms with Gasteiger partial charge in [0.25, 0.3) is 5.69 Å². The number of rotatable bonds is 8. The van der Waals surface area contributed by atoms with E-state index in [1.54, 1.807) is 36.4 Å². The lowest BCUT2D eigenvalue weighted by Crippen LogP contribution is -2.16. The Labute approximate surface area is 148 Å². The summed E-state index contributed by atoms with van der Waals surface area (Å²) in [6.07, 6.45) is 0. The molecule has 0 bridgehead atoms. The predicted octanol–water partition coefficient (Wildman–Crippen LogP) is 3.12. The van der Waals surface area contributed by atoms with Crippen LogP contribution in [0.4, 0.5) is 5.69 Å². The number of benzene rings is 2. The van der Waals surface area contributed by atoms with E-state index in [4.69, 9.17) is 9.47 Å². The van der Waals surface area contributed by atoms with Crippen molar-refractivity contribution in [3.63, 3.8) is 0 Å². The summed E-state index contributed by atoms with van der Waals surface area (Å²) >= 11 is 1.17. The molecule has 0 amide bonds. The van der Waals surface area contributed by atoms with Crippen molar-refractivity contribution >= 4 is 29.2 Å². The van der Waals surface area contributed by atoms with Gasteiger partial charge in [-0.05, 0) is 24.3 Å². The van der Waals surface area contributed by atoms with E-state index in [0.29, 0.717) is 16.2 Å². The van der Waals surface area contributed by atoms with Gasteiger partial charge >= 0.3 is 5.97 Å². The average Bonchev–Trinajstić information content (AvgIpc) is 2.64. The molecule has 2 aromatic carbocycles. The molecule has 0 spiro atoms. The number of nitro groups is 1. The maximum absolute atomic E-state index is 12.1. The molecule has 0 radical (unpaired) electrons. The number of methoxy groups -OCH3 is 1. The second-order valence-electron chi connectivity index (χ2n) is 4.82. The normalized spacial score (nSPS) is 10.1. The Morgan fingerprint density at radius 3 is 2.44 bits per heavy atom. The number of ketones is 1. The van der Waals surface area contributed by atoms with Crippen LogP contribution in [0, 0.1) is 10.1 Å². The van der Waals surface area contributed by atoms with Gasteiger partial charge in [-0.2, -0.15) is 0 Å². The fraction of sp³-hybridized carbons (Fsp3) is 0.176. The number of para-hydroxylation sites is 1. The van der Waals surface area contributed by atoms with Crippen molar-refractivity contribution in [3.8, 4) is 5.75 Å². The number of esters is 1. The van der Waals surface area contributed by atoms with E-state index < -0.39 is 10.9 Å². The molecule has 2 aromatic rings. The number of hydrogen-bond acceptors (Lipinski definition) is 7. The Morgan fingerprint density at radius 1 is 1.12 bits per heavy atom. The molecule has 0 aliphatic heterocycles. The molecule has 0 aliphatic carbocycles. The SMILES string of the molecule is COc1ccccc1C(=O)COC(=O)CSc1ccc([N+](=O)[O-])cc1. The van der Waals surface area contributed by atoms with E-state index in [-0.39, 0.29) is 23.8 Å². The van der Waals surface area contributed by atoms with Crippen LogP contribution >= 0.6 is 11.8 Å². The lowest BCUT2D eigenvalue weighted by atomic mass is 10.1. The number of carbonyl (C=O) groups excluding carboxylic acids is 2. The molecular formula is C17H15NO6S. The maximum atomic E-state index is 12.1. The molecule has 25 heavy (non-hydrogen) atoms. The summed E-state index contributed by atoms with van der Waals surface area (Å²) in [6.45, 7) is -0.375. The largest absolute Gasteiger partial charge is 0.496 e. The first-order valence-electron chi connectivity index (χ1n) is 7.20. The highest BCUT2D eigenvalue weighted by atomic mass is 32.2. The Balaban J connectivity index is 1.82. The standard InChI is InChI=1S/C17H15NO6S/c1-23-16-5-3-2-4-14(16)15(19)10-24-17(20)11-25-13-8-6-12(7-9-13)18(21)22/h2-9H,10-11H2,1H3. The molecule has 0 N–H and O–H groups in total. The van der Waals surface area contributed by atoms with Gasteiger partial charge in [-0.3, -0.25) is 19.7 Å². The van der Waals surface area contributed by atoms with Gasteiger partial charge in [-0.15, -0.1) is 11.8 Å². The quantitative estimate of drug-likeness (QED) is 0.234. The van der Waals surface area contributed by atoms with Crippen molar-refractivity contribution in [2.75, 3.05) is 19.5 Å². The van der Waals surface area contributed by atoms with Crippen LogP contribution in [-0.2, 0) is 9.53 Å². The third kappa shape index (κ3) is 5.32. The fourth-order valence-electron chi connectivity index (χ4n) is 1.95. The summed E-state index contributed by atoms with van der Waals surface area (Å²) in [5, 5.41) is 10.6. The van der Waals surface area contributed by atoms with Crippen molar-refractivity contribution in [3.05, 3.63) is 64.2 Å². The molecule has 0 atom stereocenters. The molecule has 2 rings (SSSR count). The van der Waals surface area contributed by atoms with Gasteiger partial charge in [0.2, 0.25) is 5.78 Å². The van der Waals surface area contributed by atoms with Gasteiger partial charge in [-0.1, -0.05) is 12.1 Å². The number of carbonyl (C=O) groups is 2. The molecule has 8 heteroatoms. The minimum atomic E-state index is -0.549. The number of hydrogen-bond donors (Lipinski definition) is 0. The lowest BCUT2D eigenvalue weighted by molar-refractivity contribution is -0.384. The number of thioether (sulfide) groups is 1. The monoisotopic (exact) mass is 361 g/mol. The minimum Gasteiger partial charge on any atom is -0.496 e. The summed E-state index contributed by atoms with van der Waals surface area (Å²) in [5.41, 5.74) is 0.329. The number of Topliss-reactive ketones (excluding diaryl/α,β-unsaturated/α-hetero) is 1. The van der Waals surface area contributed by atoms with Crippen LogP contribution in [0.15, 0.2) is 53.4 Å². The second-order valence-corrected chi connectivity index (χ2v) is 5.87. The van der Waals surface area contributed by atoms with Crippen LogP contribution in [0.3, 0.4) is 0 Å². The smallest absolute Gasteiger partial charge is 0.316 e. The number of nitrogens with zero attached hydrogens (tertiary/aromatic N) is 1. The molecule has 0 saturated heterocycles. The highest BCUT2D eigenvalue weighted by molar-refractivity contribution is 8.00. The Morgan fingerprint density at radius 2 is 1.80 bits per heavy atom. The van der Waals surface area contributed by atoms with E-state index in [9.17, 15) is 19.7 Å². The molecule has 0 fully saturated rings. The summed E-state index contributed by atoms with van der Waals surface area (Å²) in [5.74, 6) is -0.488. The number of ether oxygens (including phenoxy) is 2. The van der Waals surface area contributed by atoms with Crippen molar-refractivity contribution in [1.29, 1.82) is 0 Å². The van der Waals surface area contributed by atoms with Gasteiger partial charge < -0.3 is 9.47 Å². The van der Waals surface area contributed by atoms with Crippen LogP contribution in [0.1, 0.15) is 10.4 Å². The van der Waals surface area contributed by atoms with Crippen molar-refractivity contribution in [2.24, 2.45) is 0 Å². The third-order valence-corrected chi connectivity index (χ3v) is 4.16. The van der Waals surface area contributed by atoms with Crippen molar-refractivity contribution < 1.29 is 24.0 Å². The van der Waals surface area contributed by atoms with E-state index in [2.05, 4.69) is 0 Å². The van der Waals surface area contributed by atoms with Crippen molar-refractivity contribution in [1.82, 2.24) is 0 Å². The summed E-state index contributed by atoms with van der Waals surface area (Å²) in [4.78, 5) is 34.6. The van der Waals surface area contributed by atoms with Gasteiger partial charge in [0.05, 0.1) is 23.3 Å². The topological polar surface area (TPSA) is 95.7 Å². The maximum Gasteiger partial charge on any atom is 0.316 e. The van der Waals surface area contributed by atoms with Gasteiger partial charge in [0, 0.05) is 17.0 Å². The first kappa shape index (κ1) is 18.5. The number of nitro benzene ring substituents is 1. The summed E-state index contributed by atoms with van der Waals surface area (Å²) in [6, 6.07) is 12.5. The molecule has 130 valence electrons. The molecule has 0 heterocycles. The average molecular weight is 361 g/mol. The van der Waals surface area contributed by atoms with Gasteiger partial charge in [0.15, 0.2) is 6.61 Å². The zero-order valence-electron chi connectivity index (χ0n) is 13.3. The molecule has 0 aromatic heterocycles. The zero-order chi connectivity index (χ0) is 18.2. The van der Waals surface area contributed by atoms with Crippen LogP contribution in [0.5, 0.6) is 5.75 Å².